The Kier molecular flexibility index (Phi) is 8.46. The second-order valence-electron chi connectivity index (χ2n) is 9.03. The van der Waals surface area contributed by atoms with Gasteiger partial charge in [-0.2, -0.15) is 13.5 Å². The molecule has 0 bridgehead atoms. The first-order valence-electron chi connectivity index (χ1n) is 11.3. The molecule has 0 aliphatic heterocycles. The first kappa shape index (κ1) is 24.4. The molecule has 0 radical (unpaired) electrons. The number of carbonyl (C=O) groups is 1. The van der Waals surface area contributed by atoms with E-state index in [9.17, 15) is 14.3 Å². The number of rotatable bonds is 9. The van der Waals surface area contributed by atoms with Crippen molar-refractivity contribution >= 4 is 19.5 Å². The molecular formula is C26H33FO4S. The topological polar surface area (TPSA) is 55.8 Å². The third kappa shape index (κ3) is 6.18. The lowest BCUT2D eigenvalue weighted by Crippen LogP contribution is -2.20. The molecule has 32 heavy (non-hydrogen) atoms. The van der Waals surface area contributed by atoms with Crippen LogP contribution in [0.25, 0.3) is 0 Å². The summed E-state index contributed by atoms with van der Waals surface area (Å²) < 4.78 is 25.6. The molecule has 0 aromatic heterocycles. The predicted molar refractivity (Wildman–Crippen MR) is 128 cm³/mol. The molecule has 0 unspecified atom stereocenters. The number of benzene rings is 2. The van der Waals surface area contributed by atoms with Crippen LogP contribution in [0.15, 0.2) is 42.5 Å². The Labute approximate surface area is 196 Å². The highest BCUT2D eigenvalue weighted by Gasteiger charge is 2.34. The molecule has 0 saturated heterocycles. The van der Waals surface area contributed by atoms with Crippen molar-refractivity contribution in [2.75, 3.05) is 13.7 Å². The van der Waals surface area contributed by atoms with Crippen molar-refractivity contribution < 1.29 is 23.8 Å². The maximum Gasteiger partial charge on any atom is 0.303 e. The number of hydrogen-bond donors (Lipinski definition) is 1. The van der Waals surface area contributed by atoms with Crippen molar-refractivity contribution in [1.82, 2.24) is 0 Å². The van der Waals surface area contributed by atoms with Gasteiger partial charge in [-0.1, -0.05) is 12.1 Å². The van der Waals surface area contributed by atoms with Crippen LogP contribution in [0.2, 0.25) is 0 Å². The van der Waals surface area contributed by atoms with Gasteiger partial charge in [0.1, 0.15) is 17.3 Å². The molecule has 2 aliphatic carbocycles. The molecule has 0 spiro atoms. The first-order chi connectivity index (χ1) is 15.0. The van der Waals surface area contributed by atoms with Crippen LogP contribution in [0.5, 0.6) is 11.5 Å². The summed E-state index contributed by atoms with van der Waals surface area (Å²) in [6.45, 7) is 0.643. The van der Waals surface area contributed by atoms with Crippen molar-refractivity contribution in [3.05, 3.63) is 59.4 Å². The van der Waals surface area contributed by atoms with E-state index in [1.807, 2.05) is 30.3 Å². The summed E-state index contributed by atoms with van der Waals surface area (Å²) in [7, 11) is 1.61. The number of aliphatic carboxylic acids is 1. The number of ether oxygens (including phenoxy) is 2. The van der Waals surface area contributed by atoms with Crippen LogP contribution in [0, 0.1) is 17.7 Å². The van der Waals surface area contributed by atoms with Crippen LogP contribution in [0.3, 0.4) is 0 Å². The normalized spacial score (nSPS) is 21.3. The summed E-state index contributed by atoms with van der Waals surface area (Å²) in [6.07, 6.45) is 6.30. The van der Waals surface area contributed by atoms with Gasteiger partial charge in [-0.15, -0.1) is 0 Å². The van der Waals surface area contributed by atoms with Gasteiger partial charge < -0.3 is 14.6 Å². The predicted octanol–water partition coefficient (Wildman–Crippen LogP) is 6.27. The molecule has 2 saturated carbocycles. The van der Waals surface area contributed by atoms with Crippen LogP contribution < -0.4 is 9.47 Å². The van der Waals surface area contributed by atoms with Gasteiger partial charge in [0.15, 0.2) is 0 Å². The molecule has 174 valence electrons. The Morgan fingerprint density at radius 1 is 1.06 bits per heavy atom. The van der Waals surface area contributed by atoms with Crippen molar-refractivity contribution in [3.8, 4) is 11.5 Å². The van der Waals surface area contributed by atoms with Crippen molar-refractivity contribution in [3.63, 3.8) is 0 Å². The average molecular weight is 461 g/mol. The largest absolute Gasteiger partial charge is 0.497 e. The SMILES string of the molecule is COc1ccc(F)c(C2CCC(COc3cccc([C@@H](CC(=O)O)C4CC4)c3)CC2)c1.S. The molecule has 2 aromatic carbocycles. The highest BCUT2D eigenvalue weighted by atomic mass is 32.1. The molecule has 0 amide bonds. The molecule has 1 atom stereocenters. The van der Waals surface area contributed by atoms with Gasteiger partial charge in [0.2, 0.25) is 0 Å². The molecule has 4 rings (SSSR count). The summed E-state index contributed by atoms with van der Waals surface area (Å²) in [5.41, 5.74) is 1.83. The van der Waals surface area contributed by atoms with Crippen molar-refractivity contribution in [1.29, 1.82) is 0 Å². The Morgan fingerprint density at radius 3 is 2.47 bits per heavy atom. The Bertz CT molecular complexity index is 906. The second-order valence-corrected chi connectivity index (χ2v) is 9.03. The van der Waals surface area contributed by atoms with Gasteiger partial charge in [-0.25, -0.2) is 4.39 Å². The standard InChI is InChI=1S/C26H31FO4.H2S/c1-30-21-11-12-25(27)24(14-21)19-7-5-17(6-8-19)16-31-22-4-2-3-20(13-22)23(15-26(28)29)18-9-10-18;/h2-4,11-14,17-19,23H,5-10,15-16H2,1H3,(H,28,29);1H2/t17?,19?,23-;/m0./s1. The summed E-state index contributed by atoms with van der Waals surface area (Å²) in [4.78, 5) is 11.3. The summed E-state index contributed by atoms with van der Waals surface area (Å²) in [5.74, 6) is 1.87. The quantitative estimate of drug-likeness (QED) is 0.479. The van der Waals surface area contributed by atoms with Gasteiger partial charge in [-0.05, 0) is 104 Å². The number of carboxylic acid groups (broad SMARTS) is 1. The fourth-order valence-electron chi connectivity index (χ4n) is 4.89. The third-order valence-corrected chi connectivity index (χ3v) is 6.85. The molecular weight excluding hydrogens is 427 g/mol. The van der Waals surface area contributed by atoms with E-state index in [4.69, 9.17) is 9.47 Å². The molecule has 1 N–H and O–H groups in total. The van der Waals surface area contributed by atoms with E-state index < -0.39 is 5.97 Å². The number of carboxylic acids is 1. The highest BCUT2D eigenvalue weighted by Crippen LogP contribution is 2.45. The van der Waals surface area contributed by atoms with E-state index in [1.54, 1.807) is 13.2 Å². The fraction of sp³-hybridized carbons (Fsp3) is 0.500. The molecule has 2 fully saturated rings. The highest BCUT2D eigenvalue weighted by molar-refractivity contribution is 7.59. The minimum atomic E-state index is -0.743. The van der Waals surface area contributed by atoms with Crippen LogP contribution in [-0.2, 0) is 4.79 Å². The van der Waals surface area contributed by atoms with Gasteiger partial charge >= 0.3 is 5.97 Å². The van der Waals surface area contributed by atoms with E-state index in [1.165, 1.54) is 6.07 Å². The lowest BCUT2D eigenvalue weighted by Gasteiger charge is -2.29. The van der Waals surface area contributed by atoms with Crippen LogP contribution >= 0.6 is 13.5 Å². The van der Waals surface area contributed by atoms with E-state index >= 15 is 0 Å². The van der Waals surface area contributed by atoms with E-state index in [0.717, 1.165) is 55.4 Å². The Balaban J connectivity index is 0.00000289. The van der Waals surface area contributed by atoms with Crippen molar-refractivity contribution in [2.45, 2.75) is 56.8 Å². The van der Waals surface area contributed by atoms with E-state index in [0.29, 0.717) is 24.2 Å². The van der Waals surface area contributed by atoms with Gasteiger partial charge in [0.25, 0.3) is 0 Å². The number of halogens is 1. The fourth-order valence-corrected chi connectivity index (χ4v) is 4.89. The summed E-state index contributed by atoms with van der Waals surface area (Å²) in [5, 5.41) is 9.25. The number of methoxy groups -OCH3 is 1. The Hall–Kier alpha value is -2.21. The van der Waals surface area contributed by atoms with E-state index in [2.05, 4.69) is 0 Å². The monoisotopic (exact) mass is 460 g/mol. The second kappa shape index (κ2) is 11.1. The molecule has 4 nitrogen and oxygen atoms in total. The zero-order valence-corrected chi connectivity index (χ0v) is 19.6. The Morgan fingerprint density at radius 2 is 1.81 bits per heavy atom. The maximum atomic E-state index is 14.3. The molecule has 2 aliphatic rings. The van der Waals surface area contributed by atoms with Gasteiger partial charge in [0.05, 0.1) is 20.1 Å². The maximum absolute atomic E-state index is 14.3. The lowest BCUT2D eigenvalue weighted by atomic mass is 9.79. The van der Waals surface area contributed by atoms with Crippen LogP contribution in [0.4, 0.5) is 4.39 Å². The molecule has 0 heterocycles. The third-order valence-electron chi connectivity index (χ3n) is 6.85. The average Bonchev–Trinajstić information content (AvgIpc) is 3.62. The summed E-state index contributed by atoms with van der Waals surface area (Å²) >= 11 is 0. The minimum absolute atomic E-state index is 0. The number of hydrogen-bond acceptors (Lipinski definition) is 3. The molecule has 2 aromatic rings. The van der Waals surface area contributed by atoms with Crippen LogP contribution in [-0.4, -0.2) is 24.8 Å². The minimum Gasteiger partial charge on any atom is -0.497 e. The van der Waals surface area contributed by atoms with Gasteiger partial charge in [-0.3, -0.25) is 4.79 Å². The zero-order chi connectivity index (χ0) is 21.8. The summed E-state index contributed by atoms with van der Waals surface area (Å²) in [6, 6.07) is 12.9. The molecule has 6 heteroatoms. The lowest BCUT2D eigenvalue weighted by molar-refractivity contribution is -0.137. The van der Waals surface area contributed by atoms with E-state index in [-0.39, 0.29) is 37.6 Å². The van der Waals surface area contributed by atoms with Crippen molar-refractivity contribution in [2.24, 2.45) is 11.8 Å². The first-order valence-corrected chi connectivity index (χ1v) is 11.3. The smallest absolute Gasteiger partial charge is 0.303 e. The van der Waals surface area contributed by atoms with Gasteiger partial charge in [0, 0.05) is 0 Å². The van der Waals surface area contributed by atoms with Crippen LogP contribution in [0.1, 0.15) is 67.9 Å². The zero-order valence-electron chi connectivity index (χ0n) is 18.6.